The fourth-order valence-electron chi connectivity index (χ4n) is 7.85. The first-order chi connectivity index (χ1) is 12.8. The number of fused-ring (bicyclic) bond motifs is 5. The van der Waals surface area contributed by atoms with Crippen LogP contribution in [0.4, 0.5) is 0 Å². The number of ketones is 1. The van der Waals surface area contributed by atoms with E-state index in [0.717, 1.165) is 38.5 Å². The van der Waals surface area contributed by atoms with E-state index in [4.69, 9.17) is 0 Å². The quantitative estimate of drug-likeness (QED) is 0.704. The maximum absolute atomic E-state index is 12.1. The van der Waals surface area contributed by atoms with Crippen LogP contribution in [0, 0.1) is 34.5 Å². The smallest absolute Gasteiger partial charge is 0.155 e. The van der Waals surface area contributed by atoms with E-state index in [0.29, 0.717) is 37.0 Å². The highest BCUT2D eigenvalue weighted by molar-refractivity contribution is 5.91. The van der Waals surface area contributed by atoms with Gasteiger partial charge in [-0.2, -0.15) is 0 Å². The van der Waals surface area contributed by atoms with Crippen LogP contribution in [-0.2, 0) is 4.79 Å². The summed E-state index contributed by atoms with van der Waals surface area (Å²) in [5, 5.41) is 30.9. The summed E-state index contributed by atoms with van der Waals surface area (Å²) in [4.78, 5) is 12.1. The lowest BCUT2D eigenvalue weighted by molar-refractivity contribution is -0.138. The number of carbonyl (C=O) groups excluding carboxylic acids is 1. The Labute approximate surface area is 163 Å². The third kappa shape index (κ3) is 2.70. The first kappa shape index (κ1) is 19.6. The molecule has 152 valence electrons. The topological polar surface area (TPSA) is 77.8 Å². The molecule has 0 aliphatic heterocycles. The molecule has 3 fully saturated rings. The summed E-state index contributed by atoms with van der Waals surface area (Å²) in [6.45, 7) is 4.88. The van der Waals surface area contributed by atoms with Crippen molar-refractivity contribution in [2.75, 3.05) is 13.2 Å². The molecule has 7 atom stereocenters. The van der Waals surface area contributed by atoms with Gasteiger partial charge in [0.25, 0.3) is 0 Å². The fraction of sp³-hybridized carbons (Fsp3) is 0.870. The molecule has 0 heterocycles. The van der Waals surface area contributed by atoms with Crippen molar-refractivity contribution in [3.05, 3.63) is 11.6 Å². The molecule has 4 aliphatic carbocycles. The van der Waals surface area contributed by atoms with Crippen LogP contribution in [0.25, 0.3) is 0 Å². The molecule has 3 saturated carbocycles. The zero-order valence-electron chi connectivity index (χ0n) is 16.9. The van der Waals surface area contributed by atoms with E-state index in [-0.39, 0.29) is 35.7 Å². The second-order valence-corrected chi connectivity index (χ2v) is 10.3. The molecular formula is C23H36O4. The summed E-state index contributed by atoms with van der Waals surface area (Å²) < 4.78 is 0. The third-order valence-electron chi connectivity index (χ3n) is 9.41. The van der Waals surface area contributed by atoms with E-state index < -0.39 is 5.60 Å². The van der Waals surface area contributed by atoms with Crippen molar-refractivity contribution in [3.8, 4) is 0 Å². The number of hydrogen-bond donors (Lipinski definition) is 3. The lowest BCUT2D eigenvalue weighted by Gasteiger charge is -2.60. The van der Waals surface area contributed by atoms with Crippen molar-refractivity contribution >= 4 is 5.78 Å². The van der Waals surface area contributed by atoms with E-state index in [1.807, 2.05) is 6.08 Å². The Hall–Kier alpha value is -0.710. The van der Waals surface area contributed by atoms with Gasteiger partial charge in [0.2, 0.25) is 0 Å². The number of aliphatic hydroxyl groups is 3. The summed E-state index contributed by atoms with van der Waals surface area (Å²) in [7, 11) is 0. The summed E-state index contributed by atoms with van der Waals surface area (Å²) in [5.74, 6) is 1.86. The maximum Gasteiger partial charge on any atom is 0.155 e. The van der Waals surface area contributed by atoms with Crippen LogP contribution in [0.5, 0.6) is 0 Å². The Balaban J connectivity index is 1.68. The lowest BCUT2D eigenvalue weighted by atomic mass is 9.44. The molecule has 4 heteroatoms. The van der Waals surface area contributed by atoms with E-state index in [1.165, 1.54) is 5.57 Å². The van der Waals surface area contributed by atoms with Crippen molar-refractivity contribution in [1.82, 2.24) is 0 Å². The largest absolute Gasteiger partial charge is 0.396 e. The van der Waals surface area contributed by atoms with Crippen molar-refractivity contribution in [2.24, 2.45) is 34.5 Å². The van der Waals surface area contributed by atoms with Gasteiger partial charge in [-0.1, -0.05) is 19.4 Å². The van der Waals surface area contributed by atoms with Gasteiger partial charge in [-0.3, -0.25) is 4.79 Å². The van der Waals surface area contributed by atoms with E-state index in [2.05, 4.69) is 13.8 Å². The number of carbonyl (C=O) groups is 1. The molecule has 4 rings (SSSR count). The van der Waals surface area contributed by atoms with Gasteiger partial charge in [0, 0.05) is 25.6 Å². The predicted octanol–water partition coefficient (Wildman–Crippen LogP) is 3.24. The summed E-state index contributed by atoms with van der Waals surface area (Å²) >= 11 is 0. The molecular weight excluding hydrogens is 340 g/mol. The monoisotopic (exact) mass is 376 g/mol. The molecule has 0 unspecified atom stereocenters. The summed E-state index contributed by atoms with van der Waals surface area (Å²) in [6, 6.07) is 0. The van der Waals surface area contributed by atoms with Crippen LogP contribution < -0.4 is 0 Å². The minimum atomic E-state index is -0.667. The highest BCUT2D eigenvalue weighted by Crippen LogP contribution is 2.68. The van der Waals surface area contributed by atoms with Crippen LogP contribution in [0.3, 0.4) is 0 Å². The minimum Gasteiger partial charge on any atom is -0.396 e. The highest BCUT2D eigenvalue weighted by Gasteiger charge is 2.64. The van der Waals surface area contributed by atoms with Crippen LogP contribution in [-0.4, -0.2) is 39.9 Å². The molecule has 0 aromatic carbocycles. The molecule has 0 amide bonds. The molecule has 0 aromatic rings. The number of aliphatic hydroxyl groups excluding tert-OH is 2. The van der Waals surface area contributed by atoms with Crippen LogP contribution in [0.15, 0.2) is 11.6 Å². The van der Waals surface area contributed by atoms with Gasteiger partial charge in [-0.05, 0) is 86.0 Å². The Morgan fingerprint density at radius 3 is 2.56 bits per heavy atom. The van der Waals surface area contributed by atoms with Gasteiger partial charge in [0.1, 0.15) is 0 Å². The van der Waals surface area contributed by atoms with Crippen LogP contribution in [0.1, 0.15) is 71.6 Å². The molecule has 0 radical (unpaired) electrons. The lowest BCUT2D eigenvalue weighted by Crippen LogP contribution is -2.56. The second kappa shape index (κ2) is 6.67. The first-order valence-corrected chi connectivity index (χ1v) is 11.0. The van der Waals surface area contributed by atoms with Crippen LogP contribution in [0.2, 0.25) is 0 Å². The second-order valence-electron chi connectivity index (χ2n) is 10.3. The fourth-order valence-corrected chi connectivity index (χ4v) is 7.85. The molecule has 4 nitrogen and oxygen atoms in total. The van der Waals surface area contributed by atoms with Crippen LogP contribution >= 0.6 is 0 Å². The van der Waals surface area contributed by atoms with Crippen molar-refractivity contribution in [1.29, 1.82) is 0 Å². The molecule has 4 aliphatic rings. The van der Waals surface area contributed by atoms with Crippen molar-refractivity contribution in [3.63, 3.8) is 0 Å². The zero-order valence-corrected chi connectivity index (χ0v) is 16.9. The molecule has 3 N–H and O–H groups in total. The minimum absolute atomic E-state index is 0.0252. The highest BCUT2D eigenvalue weighted by atomic mass is 16.3. The normalized spacial score (nSPS) is 49.2. The average molecular weight is 377 g/mol. The average Bonchev–Trinajstić information content (AvgIpc) is 2.92. The van der Waals surface area contributed by atoms with Gasteiger partial charge in [-0.25, -0.2) is 0 Å². The van der Waals surface area contributed by atoms with E-state index in [1.54, 1.807) is 0 Å². The molecule has 0 bridgehead atoms. The van der Waals surface area contributed by atoms with Gasteiger partial charge in [0.05, 0.1) is 5.60 Å². The Bertz CT molecular complexity index is 642. The van der Waals surface area contributed by atoms with Gasteiger partial charge < -0.3 is 15.3 Å². The summed E-state index contributed by atoms with van der Waals surface area (Å²) in [5.41, 5.74) is 0.474. The summed E-state index contributed by atoms with van der Waals surface area (Å²) in [6.07, 6.45) is 9.71. The van der Waals surface area contributed by atoms with Gasteiger partial charge in [-0.15, -0.1) is 0 Å². The first-order valence-electron chi connectivity index (χ1n) is 11.0. The van der Waals surface area contributed by atoms with E-state index in [9.17, 15) is 20.1 Å². The van der Waals surface area contributed by atoms with E-state index >= 15 is 0 Å². The molecule has 0 aromatic heterocycles. The van der Waals surface area contributed by atoms with Gasteiger partial charge in [0.15, 0.2) is 5.78 Å². The van der Waals surface area contributed by atoms with Gasteiger partial charge >= 0.3 is 0 Å². The molecule has 0 spiro atoms. The standard InChI is InChI=1S/C23H36O4/c1-21-8-4-16(26)13-20(21)15(14-25)12-17-18(21)5-9-22(2)19(17)6-10-23(22,27)7-3-11-24/h13,15,17-19,24-25,27H,3-12,14H2,1-2H3/t15-,17+,18-,19-,21+,22-,23-/m0/s1. The molecule has 27 heavy (non-hydrogen) atoms. The van der Waals surface area contributed by atoms with Crippen molar-refractivity contribution in [2.45, 2.75) is 77.2 Å². The Kier molecular flexibility index (Phi) is 4.84. The molecule has 0 saturated heterocycles. The predicted molar refractivity (Wildman–Crippen MR) is 104 cm³/mol. The van der Waals surface area contributed by atoms with Crippen molar-refractivity contribution < 1.29 is 20.1 Å². The number of hydrogen-bond acceptors (Lipinski definition) is 4. The maximum atomic E-state index is 12.1. The SMILES string of the molecule is C[C@]12CCC(=O)C=C1[C@H](CO)C[C@@H]1[C@@H]2CC[C@@]2(C)[C@H]1CC[C@@]2(O)CCCO. The number of rotatable bonds is 4. The Morgan fingerprint density at radius 1 is 1.11 bits per heavy atom. The Morgan fingerprint density at radius 2 is 1.85 bits per heavy atom. The zero-order chi connectivity index (χ0) is 19.4. The third-order valence-corrected chi connectivity index (χ3v) is 9.41.